The Hall–Kier alpha value is -3.39. The van der Waals surface area contributed by atoms with Crippen molar-refractivity contribution in [1.82, 2.24) is 5.43 Å². The number of carbonyl (C=O) groups is 3. The molecule has 27 heavy (non-hydrogen) atoms. The van der Waals surface area contributed by atoms with Gasteiger partial charge in [0.2, 0.25) is 0 Å². The molecule has 0 fully saturated rings. The molecular weight excluding hydrogens is 372 g/mol. The molecule has 0 atom stereocenters. The van der Waals surface area contributed by atoms with Crippen LogP contribution in [0.3, 0.4) is 0 Å². The monoisotopic (exact) mass is 388 g/mol. The number of rotatable bonds is 6. The zero-order valence-electron chi connectivity index (χ0n) is 14.4. The Morgan fingerprint density at radius 1 is 1.15 bits per heavy atom. The van der Waals surface area contributed by atoms with Crippen molar-refractivity contribution in [1.29, 1.82) is 0 Å². The van der Waals surface area contributed by atoms with Gasteiger partial charge in [-0.15, -0.1) is 0 Å². The van der Waals surface area contributed by atoms with E-state index in [4.69, 9.17) is 22.1 Å². The first kappa shape index (κ1) is 19.9. The van der Waals surface area contributed by atoms with Crippen LogP contribution in [0.1, 0.15) is 11.1 Å². The highest BCUT2D eigenvalue weighted by molar-refractivity contribution is 6.40. The maximum absolute atomic E-state index is 11.9. The minimum absolute atomic E-state index is 0.218. The standard InChI is InChI=1S/C18H17ClN4O4/c1-11-2-5-13(19)8-15(11)22-17(25)18(26)23-21-9-12-3-6-14(7-4-12)27-10-16(20)24/h2-9H,10H2,1H3,(H2,20,24)(H,22,25)(H,23,26)/b21-9-. The molecule has 0 saturated carbocycles. The molecule has 0 heterocycles. The molecule has 0 spiro atoms. The Bertz CT molecular complexity index is 881. The number of aryl methyl sites for hydroxylation is 1. The summed E-state index contributed by atoms with van der Waals surface area (Å²) in [5.41, 5.74) is 8.98. The highest BCUT2D eigenvalue weighted by atomic mass is 35.5. The second kappa shape index (κ2) is 9.35. The van der Waals surface area contributed by atoms with Gasteiger partial charge < -0.3 is 15.8 Å². The van der Waals surface area contributed by atoms with Gasteiger partial charge in [0.15, 0.2) is 6.61 Å². The van der Waals surface area contributed by atoms with Crippen LogP contribution in [0.5, 0.6) is 5.75 Å². The number of amides is 3. The molecule has 0 aliphatic carbocycles. The second-order valence-corrected chi connectivity index (χ2v) is 5.87. The number of hydrazone groups is 1. The fourth-order valence-corrected chi connectivity index (χ4v) is 2.10. The number of nitrogens with one attached hydrogen (secondary N) is 2. The van der Waals surface area contributed by atoms with Gasteiger partial charge in [-0.25, -0.2) is 5.43 Å². The minimum atomic E-state index is -0.924. The third kappa shape index (κ3) is 6.44. The van der Waals surface area contributed by atoms with Gasteiger partial charge in [0, 0.05) is 10.7 Å². The molecule has 9 heteroatoms. The number of hydrogen-bond acceptors (Lipinski definition) is 5. The maximum atomic E-state index is 11.9. The first-order valence-electron chi connectivity index (χ1n) is 7.77. The van der Waals surface area contributed by atoms with Crippen molar-refractivity contribution in [3.05, 3.63) is 58.6 Å². The molecule has 0 aromatic heterocycles. The third-order valence-corrected chi connectivity index (χ3v) is 3.53. The van der Waals surface area contributed by atoms with Gasteiger partial charge in [0.1, 0.15) is 5.75 Å². The molecule has 140 valence electrons. The summed E-state index contributed by atoms with van der Waals surface area (Å²) in [6.07, 6.45) is 1.35. The molecule has 0 saturated heterocycles. The lowest BCUT2D eigenvalue weighted by atomic mass is 10.2. The molecule has 8 nitrogen and oxygen atoms in total. The van der Waals surface area contributed by atoms with E-state index in [1.54, 1.807) is 49.4 Å². The molecule has 0 unspecified atom stereocenters. The van der Waals surface area contributed by atoms with E-state index in [-0.39, 0.29) is 6.61 Å². The van der Waals surface area contributed by atoms with Crippen molar-refractivity contribution in [3.8, 4) is 5.75 Å². The Balaban J connectivity index is 1.87. The molecule has 2 aromatic rings. The number of hydrogen-bond donors (Lipinski definition) is 3. The van der Waals surface area contributed by atoms with Gasteiger partial charge in [-0.3, -0.25) is 14.4 Å². The first-order chi connectivity index (χ1) is 12.8. The zero-order valence-corrected chi connectivity index (χ0v) is 15.1. The van der Waals surface area contributed by atoms with E-state index in [0.29, 0.717) is 22.0 Å². The van der Waals surface area contributed by atoms with Crippen LogP contribution in [-0.4, -0.2) is 30.5 Å². The number of primary amides is 1. The van der Waals surface area contributed by atoms with Crippen molar-refractivity contribution in [3.63, 3.8) is 0 Å². The number of carbonyl (C=O) groups excluding carboxylic acids is 3. The molecule has 2 aromatic carbocycles. The number of anilines is 1. The van der Waals surface area contributed by atoms with E-state index in [2.05, 4.69) is 15.8 Å². The van der Waals surface area contributed by atoms with Crippen LogP contribution in [0.25, 0.3) is 0 Å². The smallest absolute Gasteiger partial charge is 0.329 e. The summed E-state index contributed by atoms with van der Waals surface area (Å²) in [5.74, 6) is -1.90. The number of nitrogens with two attached hydrogens (primary N) is 1. The predicted molar refractivity (Wildman–Crippen MR) is 102 cm³/mol. The number of nitrogens with zero attached hydrogens (tertiary/aromatic N) is 1. The van der Waals surface area contributed by atoms with Crippen molar-refractivity contribution in [2.45, 2.75) is 6.92 Å². The Morgan fingerprint density at radius 2 is 1.85 bits per heavy atom. The zero-order chi connectivity index (χ0) is 19.8. The Labute approximate surface area is 160 Å². The summed E-state index contributed by atoms with van der Waals surface area (Å²) in [6, 6.07) is 11.5. The lowest BCUT2D eigenvalue weighted by molar-refractivity contribution is -0.136. The molecule has 2 rings (SSSR count). The maximum Gasteiger partial charge on any atom is 0.329 e. The molecule has 4 N–H and O–H groups in total. The molecule has 3 amide bonds. The number of ether oxygens (including phenoxy) is 1. The summed E-state index contributed by atoms with van der Waals surface area (Å²) in [6.45, 7) is 1.56. The van der Waals surface area contributed by atoms with Crippen molar-refractivity contribution < 1.29 is 19.1 Å². The predicted octanol–water partition coefficient (Wildman–Crippen LogP) is 1.60. The largest absolute Gasteiger partial charge is 0.484 e. The van der Waals surface area contributed by atoms with Crippen LogP contribution in [0.2, 0.25) is 5.02 Å². The molecular formula is C18H17ClN4O4. The molecule has 0 aliphatic heterocycles. The van der Waals surface area contributed by atoms with E-state index in [1.807, 2.05) is 0 Å². The number of benzene rings is 2. The quantitative estimate of drug-likeness (QED) is 0.395. The molecule has 0 aliphatic rings. The van der Waals surface area contributed by atoms with Crippen LogP contribution >= 0.6 is 11.6 Å². The van der Waals surface area contributed by atoms with Gasteiger partial charge in [-0.2, -0.15) is 5.10 Å². The van der Waals surface area contributed by atoms with Crippen molar-refractivity contribution in [2.24, 2.45) is 10.8 Å². The first-order valence-corrected chi connectivity index (χ1v) is 8.14. The Morgan fingerprint density at radius 3 is 2.52 bits per heavy atom. The number of halogens is 1. The Kier molecular flexibility index (Phi) is 6.90. The minimum Gasteiger partial charge on any atom is -0.484 e. The topological polar surface area (TPSA) is 123 Å². The normalized spacial score (nSPS) is 10.4. The molecule has 0 bridgehead atoms. The fraction of sp³-hybridized carbons (Fsp3) is 0.111. The van der Waals surface area contributed by atoms with E-state index < -0.39 is 17.7 Å². The van der Waals surface area contributed by atoms with Crippen molar-refractivity contribution >= 4 is 41.2 Å². The van der Waals surface area contributed by atoms with Crippen LogP contribution in [0.4, 0.5) is 5.69 Å². The van der Waals surface area contributed by atoms with Crippen LogP contribution in [0, 0.1) is 6.92 Å². The van der Waals surface area contributed by atoms with E-state index >= 15 is 0 Å². The van der Waals surface area contributed by atoms with Gasteiger partial charge >= 0.3 is 11.8 Å². The summed E-state index contributed by atoms with van der Waals surface area (Å²) < 4.78 is 5.12. The third-order valence-electron chi connectivity index (χ3n) is 3.29. The average Bonchev–Trinajstić information content (AvgIpc) is 2.63. The lowest BCUT2D eigenvalue weighted by Gasteiger charge is -2.07. The highest BCUT2D eigenvalue weighted by Gasteiger charge is 2.14. The van der Waals surface area contributed by atoms with Gasteiger partial charge in [0.25, 0.3) is 5.91 Å². The summed E-state index contributed by atoms with van der Waals surface area (Å²) >= 11 is 5.87. The van der Waals surface area contributed by atoms with Crippen LogP contribution in [0.15, 0.2) is 47.6 Å². The molecule has 0 radical (unpaired) electrons. The van der Waals surface area contributed by atoms with E-state index in [1.165, 1.54) is 6.21 Å². The average molecular weight is 389 g/mol. The SMILES string of the molecule is Cc1ccc(Cl)cc1NC(=O)C(=O)N/N=C\c1ccc(OCC(N)=O)cc1. The highest BCUT2D eigenvalue weighted by Crippen LogP contribution is 2.19. The summed E-state index contributed by atoms with van der Waals surface area (Å²) in [4.78, 5) is 34.3. The van der Waals surface area contributed by atoms with Crippen molar-refractivity contribution in [2.75, 3.05) is 11.9 Å². The van der Waals surface area contributed by atoms with Gasteiger partial charge in [-0.05, 0) is 54.4 Å². The van der Waals surface area contributed by atoms with Gasteiger partial charge in [0.05, 0.1) is 6.21 Å². The van der Waals surface area contributed by atoms with E-state index in [9.17, 15) is 14.4 Å². The van der Waals surface area contributed by atoms with Crippen LogP contribution in [-0.2, 0) is 14.4 Å². The summed E-state index contributed by atoms with van der Waals surface area (Å²) in [5, 5.41) is 6.63. The second-order valence-electron chi connectivity index (χ2n) is 5.44. The fourth-order valence-electron chi connectivity index (χ4n) is 1.93. The van der Waals surface area contributed by atoms with Gasteiger partial charge in [-0.1, -0.05) is 17.7 Å². The van der Waals surface area contributed by atoms with Crippen LogP contribution < -0.4 is 21.2 Å². The summed E-state index contributed by atoms with van der Waals surface area (Å²) in [7, 11) is 0. The van der Waals surface area contributed by atoms with E-state index in [0.717, 1.165) is 5.56 Å². The lowest BCUT2D eigenvalue weighted by Crippen LogP contribution is -2.32.